The predicted octanol–water partition coefficient (Wildman–Crippen LogP) is 3.64. The van der Waals surface area contributed by atoms with Gasteiger partial charge in [0, 0.05) is 24.5 Å². The molecule has 0 radical (unpaired) electrons. The molecule has 0 fully saturated rings. The summed E-state index contributed by atoms with van der Waals surface area (Å²) in [5.74, 6) is -0.0710. The number of hydrogen-bond acceptors (Lipinski definition) is 3. The first kappa shape index (κ1) is 14.5. The summed E-state index contributed by atoms with van der Waals surface area (Å²) in [6.45, 7) is 4.09. The number of aromatic nitrogens is 1. The van der Waals surface area contributed by atoms with Crippen molar-refractivity contribution in [2.75, 3.05) is 7.11 Å². The lowest BCUT2D eigenvalue weighted by Gasteiger charge is -2.21. The second-order valence-corrected chi connectivity index (χ2v) is 4.78. The lowest BCUT2D eigenvalue weighted by atomic mass is 10.0. The molecule has 2 atom stereocenters. The first-order valence-electron chi connectivity index (χ1n) is 6.61. The van der Waals surface area contributed by atoms with Gasteiger partial charge in [0.25, 0.3) is 0 Å². The van der Waals surface area contributed by atoms with Crippen LogP contribution in [-0.4, -0.2) is 12.1 Å². The Morgan fingerprint density at radius 3 is 2.30 bits per heavy atom. The van der Waals surface area contributed by atoms with E-state index in [2.05, 4.69) is 17.2 Å². The van der Waals surface area contributed by atoms with E-state index in [1.807, 2.05) is 25.1 Å². The fourth-order valence-corrected chi connectivity index (χ4v) is 2.17. The Kier molecular flexibility index (Phi) is 4.69. The molecule has 0 aliphatic carbocycles. The minimum Gasteiger partial charge on any atom is -0.494 e. The summed E-state index contributed by atoms with van der Waals surface area (Å²) in [4.78, 5) is 4.00. The van der Waals surface area contributed by atoms with Gasteiger partial charge < -0.3 is 10.1 Å². The second-order valence-electron chi connectivity index (χ2n) is 4.78. The van der Waals surface area contributed by atoms with Crippen molar-refractivity contribution >= 4 is 0 Å². The first-order chi connectivity index (χ1) is 9.61. The van der Waals surface area contributed by atoms with E-state index in [1.165, 1.54) is 13.2 Å². The van der Waals surface area contributed by atoms with Crippen LogP contribution in [0.1, 0.15) is 37.1 Å². The molecule has 0 bridgehead atoms. The Morgan fingerprint density at radius 2 is 1.70 bits per heavy atom. The topological polar surface area (TPSA) is 34.1 Å². The van der Waals surface area contributed by atoms with Crippen LogP contribution in [0.3, 0.4) is 0 Å². The van der Waals surface area contributed by atoms with Gasteiger partial charge in [0.05, 0.1) is 7.11 Å². The number of pyridine rings is 1. The molecule has 0 aliphatic rings. The molecule has 4 heteroatoms. The zero-order valence-corrected chi connectivity index (χ0v) is 11.9. The molecule has 0 saturated carbocycles. The largest absolute Gasteiger partial charge is 0.494 e. The van der Waals surface area contributed by atoms with Crippen LogP contribution in [-0.2, 0) is 0 Å². The van der Waals surface area contributed by atoms with Crippen molar-refractivity contribution in [3.05, 3.63) is 59.7 Å². The molecule has 2 rings (SSSR count). The van der Waals surface area contributed by atoms with E-state index in [0.717, 1.165) is 11.1 Å². The number of nitrogens with zero attached hydrogens (tertiary/aromatic N) is 1. The van der Waals surface area contributed by atoms with Gasteiger partial charge in [0.15, 0.2) is 11.6 Å². The standard InChI is InChI=1S/C16H19FN2O/c1-11(13-6-8-18-9-7-13)19-12(2)14-4-5-16(20-3)15(17)10-14/h4-12,19H,1-3H3/t11-,12?/m0/s1. The summed E-state index contributed by atoms with van der Waals surface area (Å²) in [6, 6.07) is 9.18. The molecular weight excluding hydrogens is 255 g/mol. The van der Waals surface area contributed by atoms with Crippen molar-refractivity contribution in [3.8, 4) is 5.75 Å². The van der Waals surface area contributed by atoms with Crippen LogP contribution in [0.15, 0.2) is 42.7 Å². The Bertz CT molecular complexity index is 560. The molecule has 0 saturated heterocycles. The second kappa shape index (κ2) is 6.48. The van der Waals surface area contributed by atoms with Crippen molar-refractivity contribution in [2.45, 2.75) is 25.9 Å². The van der Waals surface area contributed by atoms with Gasteiger partial charge in [-0.2, -0.15) is 0 Å². The number of nitrogens with one attached hydrogen (secondary N) is 1. The van der Waals surface area contributed by atoms with Crippen molar-refractivity contribution < 1.29 is 9.13 Å². The van der Waals surface area contributed by atoms with E-state index in [1.54, 1.807) is 18.5 Å². The van der Waals surface area contributed by atoms with Gasteiger partial charge in [-0.1, -0.05) is 6.07 Å². The van der Waals surface area contributed by atoms with E-state index in [0.29, 0.717) is 0 Å². The minimum absolute atomic E-state index is 0.0403. The fourth-order valence-electron chi connectivity index (χ4n) is 2.17. The Morgan fingerprint density at radius 1 is 1.05 bits per heavy atom. The summed E-state index contributed by atoms with van der Waals surface area (Å²) in [5, 5.41) is 3.44. The van der Waals surface area contributed by atoms with Crippen LogP contribution in [0.2, 0.25) is 0 Å². The van der Waals surface area contributed by atoms with Crippen LogP contribution in [0.5, 0.6) is 5.75 Å². The van der Waals surface area contributed by atoms with Gasteiger partial charge in [0.1, 0.15) is 0 Å². The maximum atomic E-state index is 13.7. The molecule has 20 heavy (non-hydrogen) atoms. The lowest BCUT2D eigenvalue weighted by Crippen LogP contribution is -2.22. The molecule has 1 N–H and O–H groups in total. The Labute approximate surface area is 118 Å². The number of halogens is 1. The number of rotatable bonds is 5. The summed E-state index contributed by atoms with van der Waals surface area (Å²) in [7, 11) is 1.46. The van der Waals surface area contributed by atoms with Crippen molar-refractivity contribution in [2.24, 2.45) is 0 Å². The van der Waals surface area contributed by atoms with E-state index in [4.69, 9.17) is 4.74 Å². The average molecular weight is 274 g/mol. The Balaban J connectivity index is 2.08. The quantitative estimate of drug-likeness (QED) is 0.903. The molecule has 1 heterocycles. The third kappa shape index (κ3) is 3.33. The van der Waals surface area contributed by atoms with Crippen LogP contribution in [0, 0.1) is 5.82 Å². The number of hydrogen-bond donors (Lipinski definition) is 1. The zero-order chi connectivity index (χ0) is 14.5. The highest BCUT2D eigenvalue weighted by Gasteiger charge is 2.13. The molecule has 1 aromatic heterocycles. The molecule has 106 valence electrons. The lowest BCUT2D eigenvalue weighted by molar-refractivity contribution is 0.385. The van der Waals surface area contributed by atoms with Gasteiger partial charge in [-0.05, 0) is 49.2 Å². The van der Waals surface area contributed by atoms with Crippen molar-refractivity contribution in [3.63, 3.8) is 0 Å². The van der Waals surface area contributed by atoms with Gasteiger partial charge in [-0.25, -0.2) is 4.39 Å². The van der Waals surface area contributed by atoms with Crippen molar-refractivity contribution in [1.82, 2.24) is 10.3 Å². The first-order valence-corrected chi connectivity index (χ1v) is 6.61. The van der Waals surface area contributed by atoms with Crippen LogP contribution < -0.4 is 10.1 Å². The summed E-state index contributed by atoms with van der Waals surface area (Å²) >= 11 is 0. The van der Waals surface area contributed by atoms with Crippen LogP contribution in [0.25, 0.3) is 0 Å². The monoisotopic (exact) mass is 274 g/mol. The third-order valence-corrected chi connectivity index (χ3v) is 3.38. The van der Waals surface area contributed by atoms with Crippen LogP contribution >= 0.6 is 0 Å². The fraction of sp³-hybridized carbons (Fsp3) is 0.312. The highest BCUT2D eigenvalue weighted by atomic mass is 19.1. The molecule has 2 aromatic rings. The van der Waals surface area contributed by atoms with Crippen LogP contribution in [0.4, 0.5) is 4.39 Å². The average Bonchev–Trinajstić information content (AvgIpc) is 2.48. The number of benzene rings is 1. The molecule has 1 aromatic carbocycles. The van der Waals surface area contributed by atoms with E-state index in [-0.39, 0.29) is 23.7 Å². The smallest absolute Gasteiger partial charge is 0.165 e. The highest BCUT2D eigenvalue weighted by molar-refractivity contribution is 5.31. The minimum atomic E-state index is -0.338. The zero-order valence-electron chi connectivity index (χ0n) is 11.9. The number of methoxy groups -OCH3 is 1. The summed E-state index contributed by atoms with van der Waals surface area (Å²) < 4.78 is 18.6. The third-order valence-electron chi connectivity index (χ3n) is 3.38. The molecule has 0 aliphatic heterocycles. The van der Waals surface area contributed by atoms with Gasteiger partial charge in [-0.15, -0.1) is 0 Å². The molecule has 0 amide bonds. The van der Waals surface area contributed by atoms with E-state index >= 15 is 0 Å². The van der Waals surface area contributed by atoms with Gasteiger partial charge >= 0.3 is 0 Å². The highest BCUT2D eigenvalue weighted by Crippen LogP contribution is 2.23. The molecule has 1 unspecified atom stereocenters. The SMILES string of the molecule is COc1ccc(C(C)N[C@@H](C)c2ccncc2)cc1F. The van der Waals surface area contributed by atoms with E-state index < -0.39 is 0 Å². The summed E-state index contributed by atoms with van der Waals surface area (Å²) in [6.07, 6.45) is 3.54. The molecular formula is C16H19FN2O. The number of ether oxygens (including phenoxy) is 1. The summed E-state index contributed by atoms with van der Waals surface area (Å²) in [5.41, 5.74) is 2.05. The maximum Gasteiger partial charge on any atom is 0.165 e. The maximum absolute atomic E-state index is 13.7. The van der Waals surface area contributed by atoms with Gasteiger partial charge in [0.2, 0.25) is 0 Å². The van der Waals surface area contributed by atoms with Crippen molar-refractivity contribution in [1.29, 1.82) is 0 Å². The van der Waals surface area contributed by atoms with E-state index in [9.17, 15) is 4.39 Å². The molecule has 3 nitrogen and oxygen atoms in total. The molecule has 0 spiro atoms. The Hall–Kier alpha value is -1.94. The van der Waals surface area contributed by atoms with Gasteiger partial charge in [-0.3, -0.25) is 4.98 Å². The predicted molar refractivity (Wildman–Crippen MR) is 77.2 cm³/mol. The normalized spacial score (nSPS) is 13.8.